The smallest absolute Gasteiger partial charge is 0.193 e. The van der Waals surface area contributed by atoms with E-state index < -0.39 is 0 Å². The first-order valence-electron chi connectivity index (χ1n) is 7.30. The zero-order chi connectivity index (χ0) is 15.3. The summed E-state index contributed by atoms with van der Waals surface area (Å²) in [5, 5.41) is 3.35. The first-order chi connectivity index (χ1) is 10.2. The van der Waals surface area contributed by atoms with Crippen LogP contribution in [0, 0.1) is 0 Å². The Morgan fingerprint density at radius 2 is 1.90 bits per heavy atom. The van der Waals surface area contributed by atoms with Gasteiger partial charge in [-0.05, 0) is 12.0 Å². The van der Waals surface area contributed by atoms with Crippen molar-refractivity contribution in [3.8, 4) is 0 Å². The van der Waals surface area contributed by atoms with Crippen LogP contribution in [0.4, 0.5) is 0 Å². The number of aliphatic imine (C=N–C) groups is 1. The van der Waals surface area contributed by atoms with Gasteiger partial charge >= 0.3 is 0 Å². The molecule has 118 valence electrons. The number of hydrogen-bond acceptors (Lipinski definition) is 3. The molecular weight excluding hydrogens is 266 g/mol. The third kappa shape index (κ3) is 8.32. The Morgan fingerprint density at radius 1 is 1.14 bits per heavy atom. The molecule has 0 aliphatic rings. The highest BCUT2D eigenvalue weighted by Crippen LogP contribution is 2.00. The Hall–Kier alpha value is -1.59. The van der Waals surface area contributed by atoms with E-state index in [4.69, 9.17) is 9.47 Å². The second-order valence-electron chi connectivity index (χ2n) is 4.91. The van der Waals surface area contributed by atoms with Gasteiger partial charge in [0.1, 0.15) is 0 Å². The maximum atomic E-state index is 5.43. The highest BCUT2D eigenvalue weighted by molar-refractivity contribution is 5.79. The van der Waals surface area contributed by atoms with Crippen molar-refractivity contribution in [3.05, 3.63) is 35.9 Å². The Labute approximate surface area is 128 Å². The van der Waals surface area contributed by atoms with Crippen LogP contribution >= 0.6 is 0 Å². The van der Waals surface area contributed by atoms with Gasteiger partial charge in [0.05, 0.1) is 19.8 Å². The first kappa shape index (κ1) is 17.5. The van der Waals surface area contributed by atoms with E-state index in [1.165, 1.54) is 5.56 Å². The molecule has 0 amide bonds. The number of benzene rings is 1. The molecule has 0 aliphatic heterocycles. The second kappa shape index (κ2) is 11.1. The molecule has 1 N–H and O–H groups in total. The van der Waals surface area contributed by atoms with Crippen molar-refractivity contribution in [2.75, 3.05) is 47.6 Å². The summed E-state index contributed by atoms with van der Waals surface area (Å²) in [6.07, 6.45) is 0.946. The van der Waals surface area contributed by atoms with Crippen LogP contribution in [0.2, 0.25) is 0 Å². The molecule has 0 aromatic heterocycles. The minimum absolute atomic E-state index is 0.648. The van der Waals surface area contributed by atoms with E-state index in [-0.39, 0.29) is 0 Å². The molecule has 0 bridgehead atoms. The highest BCUT2D eigenvalue weighted by Gasteiger charge is 2.01. The molecule has 21 heavy (non-hydrogen) atoms. The predicted molar refractivity (Wildman–Crippen MR) is 86.6 cm³/mol. The lowest BCUT2D eigenvalue weighted by Gasteiger charge is -2.17. The molecule has 5 nitrogen and oxygen atoms in total. The van der Waals surface area contributed by atoms with Gasteiger partial charge in [-0.1, -0.05) is 30.3 Å². The fourth-order valence-electron chi connectivity index (χ4n) is 1.72. The summed E-state index contributed by atoms with van der Waals surface area (Å²) in [7, 11) is 5.66. The summed E-state index contributed by atoms with van der Waals surface area (Å²) in [6, 6.07) is 10.2. The minimum atomic E-state index is 0.648. The largest absolute Gasteiger partial charge is 0.382 e. The van der Waals surface area contributed by atoms with Gasteiger partial charge in [-0.15, -0.1) is 0 Å². The van der Waals surface area contributed by atoms with Crippen LogP contribution in [0.3, 0.4) is 0 Å². The van der Waals surface area contributed by atoms with Gasteiger partial charge in [0.25, 0.3) is 0 Å². The van der Waals surface area contributed by atoms with E-state index in [0.717, 1.165) is 25.5 Å². The number of rotatable bonds is 9. The maximum Gasteiger partial charge on any atom is 0.193 e. The SMILES string of the molecule is COCCOCCCNC(=NCc1ccccc1)N(C)C. The molecule has 1 aromatic carbocycles. The number of hydrogen-bond donors (Lipinski definition) is 1. The quantitative estimate of drug-likeness (QED) is 0.428. The molecule has 0 unspecified atom stereocenters. The number of nitrogens with one attached hydrogen (secondary N) is 1. The zero-order valence-electron chi connectivity index (χ0n) is 13.3. The van der Waals surface area contributed by atoms with E-state index in [2.05, 4.69) is 22.4 Å². The van der Waals surface area contributed by atoms with Gasteiger partial charge in [0.2, 0.25) is 0 Å². The maximum absolute atomic E-state index is 5.43. The van der Waals surface area contributed by atoms with E-state index in [1.54, 1.807) is 7.11 Å². The van der Waals surface area contributed by atoms with Crippen molar-refractivity contribution in [2.45, 2.75) is 13.0 Å². The molecule has 5 heteroatoms. The Bertz CT molecular complexity index is 394. The van der Waals surface area contributed by atoms with Gasteiger partial charge in [0, 0.05) is 34.4 Å². The van der Waals surface area contributed by atoms with E-state index in [1.807, 2.05) is 37.2 Å². The van der Waals surface area contributed by atoms with Gasteiger partial charge in [-0.2, -0.15) is 0 Å². The minimum Gasteiger partial charge on any atom is -0.382 e. The summed E-state index contributed by atoms with van der Waals surface area (Å²) in [5.41, 5.74) is 1.21. The van der Waals surface area contributed by atoms with Crippen LogP contribution in [-0.4, -0.2) is 58.4 Å². The topological polar surface area (TPSA) is 46.1 Å². The summed E-state index contributed by atoms with van der Waals surface area (Å²) in [6.45, 7) is 3.56. The molecule has 1 aromatic rings. The molecule has 0 heterocycles. The lowest BCUT2D eigenvalue weighted by Crippen LogP contribution is -2.37. The molecule has 0 atom stereocenters. The molecule has 0 spiro atoms. The number of methoxy groups -OCH3 is 1. The van der Waals surface area contributed by atoms with Gasteiger partial charge in [-0.25, -0.2) is 4.99 Å². The Morgan fingerprint density at radius 3 is 2.57 bits per heavy atom. The third-order valence-electron chi connectivity index (χ3n) is 2.86. The average Bonchev–Trinajstić information content (AvgIpc) is 2.50. The van der Waals surface area contributed by atoms with Crippen LogP contribution in [0.25, 0.3) is 0 Å². The van der Waals surface area contributed by atoms with Crippen LogP contribution in [0.15, 0.2) is 35.3 Å². The van der Waals surface area contributed by atoms with Gasteiger partial charge < -0.3 is 19.7 Å². The molecule has 0 radical (unpaired) electrons. The fraction of sp³-hybridized carbons (Fsp3) is 0.562. The van der Waals surface area contributed by atoms with E-state index >= 15 is 0 Å². The van der Waals surface area contributed by atoms with Crippen molar-refractivity contribution in [2.24, 2.45) is 4.99 Å². The third-order valence-corrected chi connectivity index (χ3v) is 2.86. The summed E-state index contributed by atoms with van der Waals surface area (Å²) >= 11 is 0. The molecule has 1 rings (SSSR count). The van der Waals surface area contributed by atoms with Crippen LogP contribution in [0.5, 0.6) is 0 Å². The molecular formula is C16H27N3O2. The molecule has 0 saturated heterocycles. The van der Waals surface area contributed by atoms with Crippen molar-refractivity contribution in [1.82, 2.24) is 10.2 Å². The predicted octanol–water partition coefficient (Wildman–Crippen LogP) is 1.75. The Kier molecular flexibility index (Phi) is 9.24. The zero-order valence-corrected chi connectivity index (χ0v) is 13.3. The Balaban J connectivity index is 2.27. The lowest BCUT2D eigenvalue weighted by molar-refractivity contribution is 0.0698. The van der Waals surface area contributed by atoms with Crippen molar-refractivity contribution in [3.63, 3.8) is 0 Å². The molecule has 0 fully saturated rings. The van der Waals surface area contributed by atoms with Gasteiger partial charge in [-0.3, -0.25) is 0 Å². The summed E-state index contributed by atoms with van der Waals surface area (Å²) < 4.78 is 10.4. The van der Waals surface area contributed by atoms with Crippen LogP contribution < -0.4 is 5.32 Å². The molecule has 0 aliphatic carbocycles. The van der Waals surface area contributed by atoms with E-state index in [0.29, 0.717) is 19.8 Å². The van der Waals surface area contributed by atoms with Gasteiger partial charge in [0.15, 0.2) is 5.96 Å². The first-order valence-corrected chi connectivity index (χ1v) is 7.30. The molecule has 0 saturated carbocycles. The number of nitrogens with zero attached hydrogens (tertiary/aromatic N) is 2. The summed E-state index contributed by atoms with van der Waals surface area (Å²) in [5.74, 6) is 0.899. The van der Waals surface area contributed by atoms with Crippen LogP contribution in [-0.2, 0) is 16.0 Å². The second-order valence-corrected chi connectivity index (χ2v) is 4.91. The standard InChI is InChI=1S/C16H27N3O2/c1-19(2)16(17-10-7-11-21-13-12-20-3)18-14-15-8-5-4-6-9-15/h4-6,8-9H,7,10-14H2,1-3H3,(H,17,18). The summed E-state index contributed by atoms with van der Waals surface area (Å²) in [4.78, 5) is 6.61. The lowest BCUT2D eigenvalue weighted by atomic mass is 10.2. The van der Waals surface area contributed by atoms with Crippen LogP contribution in [0.1, 0.15) is 12.0 Å². The normalized spacial score (nSPS) is 11.5. The number of guanidine groups is 1. The van der Waals surface area contributed by atoms with Crippen molar-refractivity contribution < 1.29 is 9.47 Å². The van der Waals surface area contributed by atoms with E-state index in [9.17, 15) is 0 Å². The number of ether oxygens (including phenoxy) is 2. The van der Waals surface area contributed by atoms with Crippen molar-refractivity contribution >= 4 is 5.96 Å². The highest BCUT2D eigenvalue weighted by atomic mass is 16.5. The fourth-order valence-corrected chi connectivity index (χ4v) is 1.72. The average molecular weight is 293 g/mol. The van der Waals surface area contributed by atoms with Crippen molar-refractivity contribution in [1.29, 1.82) is 0 Å². The monoisotopic (exact) mass is 293 g/mol.